The first-order valence-corrected chi connectivity index (χ1v) is 10.5. The van der Waals surface area contributed by atoms with Crippen LogP contribution in [0.5, 0.6) is 0 Å². The predicted molar refractivity (Wildman–Crippen MR) is 125 cm³/mol. The van der Waals surface area contributed by atoms with Crippen LogP contribution >= 0.6 is 11.6 Å². The molecule has 0 atom stereocenters. The SMILES string of the molecule is CC(=O)Nc1cc(-c2nc(C(=O)NCc3ccccn3)c(-c3ccccc3Cl)o2)c(C)cn1. The van der Waals surface area contributed by atoms with Crippen LogP contribution in [0.25, 0.3) is 22.8 Å². The van der Waals surface area contributed by atoms with Gasteiger partial charge in [0.1, 0.15) is 5.82 Å². The van der Waals surface area contributed by atoms with Gasteiger partial charge in [-0.05, 0) is 42.8 Å². The minimum Gasteiger partial charge on any atom is -0.435 e. The molecular formula is C24H20ClN5O3. The number of carbonyl (C=O) groups excluding carboxylic acids is 2. The number of hydrogen-bond acceptors (Lipinski definition) is 6. The Morgan fingerprint density at radius 2 is 1.85 bits per heavy atom. The molecule has 2 amide bonds. The Balaban J connectivity index is 1.75. The van der Waals surface area contributed by atoms with Crippen LogP contribution in [-0.4, -0.2) is 26.8 Å². The van der Waals surface area contributed by atoms with Gasteiger partial charge in [0.25, 0.3) is 5.91 Å². The van der Waals surface area contributed by atoms with E-state index in [1.807, 2.05) is 19.1 Å². The average molecular weight is 462 g/mol. The fraction of sp³-hybridized carbons (Fsp3) is 0.125. The third-order valence-corrected chi connectivity index (χ3v) is 5.08. The average Bonchev–Trinajstić information content (AvgIpc) is 3.24. The lowest BCUT2D eigenvalue weighted by Gasteiger charge is -2.05. The number of amides is 2. The molecular weight excluding hydrogens is 442 g/mol. The first-order valence-electron chi connectivity index (χ1n) is 10.1. The molecule has 0 saturated heterocycles. The Morgan fingerprint density at radius 3 is 2.58 bits per heavy atom. The Labute approximate surface area is 195 Å². The number of rotatable bonds is 6. The van der Waals surface area contributed by atoms with Crippen molar-refractivity contribution in [3.63, 3.8) is 0 Å². The van der Waals surface area contributed by atoms with Crippen LogP contribution in [-0.2, 0) is 11.3 Å². The molecule has 4 aromatic rings. The number of anilines is 1. The van der Waals surface area contributed by atoms with E-state index in [0.717, 1.165) is 5.56 Å². The van der Waals surface area contributed by atoms with Gasteiger partial charge in [-0.1, -0.05) is 29.8 Å². The molecule has 0 radical (unpaired) electrons. The van der Waals surface area contributed by atoms with Gasteiger partial charge in [0.2, 0.25) is 11.8 Å². The van der Waals surface area contributed by atoms with Crippen LogP contribution in [0.15, 0.2) is 65.3 Å². The molecule has 0 fully saturated rings. The molecule has 0 spiro atoms. The van der Waals surface area contributed by atoms with Crippen molar-refractivity contribution >= 4 is 29.2 Å². The molecule has 0 aliphatic carbocycles. The van der Waals surface area contributed by atoms with Crippen molar-refractivity contribution in [3.05, 3.63) is 82.9 Å². The number of hydrogen-bond donors (Lipinski definition) is 2. The van der Waals surface area contributed by atoms with Gasteiger partial charge in [0.15, 0.2) is 11.5 Å². The molecule has 33 heavy (non-hydrogen) atoms. The Hall–Kier alpha value is -4.04. The van der Waals surface area contributed by atoms with Gasteiger partial charge in [0, 0.05) is 30.4 Å². The third kappa shape index (κ3) is 5.07. The number of oxazole rings is 1. The second-order valence-corrected chi connectivity index (χ2v) is 7.65. The highest BCUT2D eigenvalue weighted by Crippen LogP contribution is 2.35. The monoisotopic (exact) mass is 461 g/mol. The zero-order chi connectivity index (χ0) is 23.4. The van der Waals surface area contributed by atoms with Gasteiger partial charge in [-0.15, -0.1) is 0 Å². The number of nitrogens with zero attached hydrogens (tertiary/aromatic N) is 3. The second kappa shape index (κ2) is 9.62. The van der Waals surface area contributed by atoms with Crippen LogP contribution in [0, 0.1) is 6.92 Å². The highest BCUT2D eigenvalue weighted by molar-refractivity contribution is 6.33. The highest BCUT2D eigenvalue weighted by Gasteiger charge is 2.24. The number of halogens is 1. The maximum absolute atomic E-state index is 13.1. The van der Waals surface area contributed by atoms with Gasteiger partial charge in [-0.3, -0.25) is 14.6 Å². The largest absolute Gasteiger partial charge is 0.435 e. The van der Waals surface area contributed by atoms with Crippen LogP contribution in [0.2, 0.25) is 5.02 Å². The number of benzene rings is 1. The zero-order valence-corrected chi connectivity index (χ0v) is 18.7. The maximum atomic E-state index is 13.1. The highest BCUT2D eigenvalue weighted by atomic mass is 35.5. The first-order chi connectivity index (χ1) is 15.9. The van der Waals surface area contributed by atoms with Crippen molar-refractivity contribution in [2.45, 2.75) is 20.4 Å². The number of nitrogens with one attached hydrogen (secondary N) is 2. The minimum absolute atomic E-state index is 0.0892. The zero-order valence-electron chi connectivity index (χ0n) is 17.9. The summed E-state index contributed by atoms with van der Waals surface area (Å²) in [7, 11) is 0. The third-order valence-electron chi connectivity index (χ3n) is 4.75. The summed E-state index contributed by atoms with van der Waals surface area (Å²) >= 11 is 6.39. The standard InChI is InChI=1S/C24H20ClN5O3/c1-14-12-27-20(29-15(2)31)11-18(14)24-30-21(22(33-24)17-8-3-4-9-19(17)25)23(32)28-13-16-7-5-6-10-26-16/h3-12H,13H2,1-2H3,(H,28,32)(H,27,29,31). The molecule has 1 aromatic carbocycles. The van der Waals surface area contributed by atoms with E-state index in [1.165, 1.54) is 6.92 Å². The van der Waals surface area contributed by atoms with Crippen molar-refractivity contribution in [2.75, 3.05) is 5.32 Å². The van der Waals surface area contributed by atoms with Crippen molar-refractivity contribution in [1.29, 1.82) is 0 Å². The van der Waals surface area contributed by atoms with Gasteiger partial charge < -0.3 is 15.1 Å². The van der Waals surface area contributed by atoms with Gasteiger partial charge in [-0.2, -0.15) is 0 Å². The summed E-state index contributed by atoms with van der Waals surface area (Å²) in [6.07, 6.45) is 3.25. The molecule has 9 heteroatoms. The molecule has 3 aromatic heterocycles. The van der Waals surface area contributed by atoms with Crippen molar-refractivity contribution in [3.8, 4) is 22.8 Å². The quantitative estimate of drug-likeness (QED) is 0.432. The molecule has 0 aliphatic heterocycles. The van der Waals surface area contributed by atoms with E-state index < -0.39 is 5.91 Å². The number of aromatic nitrogens is 3. The van der Waals surface area contributed by atoms with E-state index in [-0.39, 0.29) is 29.8 Å². The Morgan fingerprint density at radius 1 is 1.06 bits per heavy atom. The Kier molecular flexibility index (Phi) is 6.46. The molecule has 166 valence electrons. The number of pyridine rings is 2. The van der Waals surface area contributed by atoms with Gasteiger partial charge in [-0.25, -0.2) is 9.97 Å². The van der Waals surface area contributed by atoms with E-state index in [1.54, 1.807) is 48.8 Å². The summed E-state index contributed by atoms with van der Waals surface area (Å²) in [5.74, 6) is 0.114. The summed E-state index contributed by atoms with van der Waals surface area (Å²) in [4.78, 5) is 37.4. The fourth-order valence-electron chi connectivity index (χ4n) is 3.18. The topological polar surface area (TPSA) is 110 Å². The van der Waals surface area contributed by atoms with Gasteiger partial charge >= 0.3 is 0 Å². The summed E-state index contributed by atoms with van der Waals surface area (Å²) in [6, 6.07) is 14.2. The molecule has 0 aliphatic rings. The molecule has 0 bridgehead atoms. The minimum atomic E-state index is -0.431. The van der Waals surface area contributed by atoms with E-state index in [4.69, 9.17) is 16.0 Å². The molecule has 0 saturated carbocycles. The summed E-state index contributed by atoms with van der Waals surface area (Å²) in [5, 5.41) is 5.88. The molecule has 2 N–H and O–H groups in total. The smallest absolute Gasteiger partial charge is 0.274 e. The summed E-state index contributed by atoms with van der Waals surface area (Å²) in [6.45, 7) is 3.46. The lowest BCUT2D eigenvalue weighted by atomic mass is 10.1. The number of aryl methyl sites for hydroxylation is 1. The first kappa shape index (κ1) is 22.2. The van der Waals surface area contributed by atoms with E-state index in [2.05, 4.69) is 25.6 Å². The Bertz CT molecular complexity index is 1320. The van der Waals surface area contributed by atoms with E-state index in [9.17, 15) is 9.59 Å². The van der Waals surface area contributed by atoms with E-state index >= 15 is 0 Å². The van der Waals surface area contributed by atoms with E-state index in [0.29, 0.717) is 27.7 Å². The summed E-state index contributed by atoms with van der Waals surface area (Å²) in [5.41, 5.74) is 2.68. The molecule has 3 heterocycles. The fourth-order valence-corrected chi connectivity index (χ4v) is 3.40. The molecule has 8 nitrogen and oxygen atoms in total. The predicted octanol–water partition coefficient (Wildman–Crippen LogP) is 4.65. The van der Waals surface area contributed by atoms with Crippen molar-refractivity contribution in [2.24, 2.45) is 0 Å². The van der Waals surface area contributed by atoms with Crippen LogP contribution in [0.1, 0.15) is 28.7 Å². The second-order valence-electron chi connectivity index (χ2n) is 7.25. The lowest BCUT2D eigenvalue weighted by molar-refractivity contribution is -0.114. The van der Waals surface area contributed by atoms with Crippen molar-refractivity contribution in [1.82, 2.24) is 20.3 Å². The van der Waals surface area contributed by atoms with Crippen LogP contribution < -0.4 is 10.6 Å². The molecule has 0 unspecified atom stereocenters. The van der Waals surface area contributed by atoms with Crippen LogP contribution in [0.4, 0.5) is 5.82 Å². The number of carbonyl (C=O) groups is 2. The normalized spacial score (nSPS) is 10.6. The molecule has 4 rings (SSSR count). The van der Waals surface area contributed by atoms with Gasteiger partial charge in [0.05, 0.1) is 17.3 Å². The van der Waals surface area contributed by atoms with Crippen molar-refractivity contribution < 1.29 is 14.0 Å². The maximum Gasteiger partial charge on any atom is 0.274 e. The lowest BCUT2D eigenvalue weighted by Crippen LogP contribution is -2.24. The van der Waals surface area contributed by atoms with Crippen LogP contribution in [0.3, 0.4) is 0 Å². The summed E-state index contributed by atoms with van der Waals surface area (Å²) < 4.78 is 6.07.